The molecule has 31 heavy (non-hydrogen) atoms. The normalized spacial score (nSPS) is 12.5. The molecule has 0 saturated heterocycles. The van der Waals surface area contributed by atoms with Gasteiger partial charge in [0.2, 0.25) is 5.91 Å². The summed E-state index contributed by atoms with van der Waals surface area (Å²) in [6, 6.07) is 0. The third-order valence-corrected chi connectivity index (χ3v) is 4.82. The molecular weight excluding hydrogens is 402 g/mol. The van der Waals surface area contributed by atoms with Crippen LogP contribution in [0.5, 0.6) is 0 Å². The third-order valence-electron chi connectivity index (χ3n) is 4.82. The first-order valence-corrected chi connectivity index (χ1v) is 10.7. The van der Waals surface area contributed by atoms with E-state index in [9.17, 15) is 19.2 Å². The number of esters is 1. The van der Waals surface area contributed by atoms with Gasteiger partial charge in [-0.1, -0.05) is 41.5 Å². The largest absolute Gasteiger partial charge is 0.469 e. The standard InChI is InChI=1S/C21H37N5O5/c1-8-24(11-15(6)20(29)31-7)12-16(27)25(9-13(2)3)17-18(22)26(10-14(4)5)21(30)23-19(17)28/h13-15H,8-12,22H2,1-7H3,(H,23,28,30). The molecule has 0 bridgehead atoms. The average Bonchev–Trinajstić information content (AvgIpc) is 2.68. The number of likely N-dealkylation sites (N-methyl/N-ethyl adjacent to an activating group) is 1. The fourth-order valence-corrected chi connectivity index (χ4v) is 3.31. The molecule has 10 nitrogen and oxygen atoms in total. The van der Waals surface area contributed by atoms with E-state index < -0.39 is 17.2 Å². The van der Waals surface area contributed by atoms with Crippen molar-refractivity contribution in [3.05, 3.63) is 20.8 Å². The lowest BCUT2D eigenvalue weighted by Crippen LogP contribution is -2.47. The molecule has 1 heterocycles. The van der Waals surface area contributed by atoms with Crippen LogP contribution >= 0.6 is 0 Å². The van der Waals surface area contributed by atoms with E-state index in [1.54, 1.807) is 6.92 Å². The fourth-order valence-electron chi connectivity index (χ4n) is 3.31. The first-order valence-electron chi connectivity index (χ1n) is 10.7. The van der Waals surface area contributed by atoms with Gasteiger partial charge in [0.1, 0.15) is 5.82 Å². The van der Waals surface area contributed by atoms with E-state index in [2.05, 4.69) is 4.98 Å². The number of hydrogen-bond acceptors (Lipinski definition) is 7. The minimum Gasteiger partial charge on any atom is -0.469 e. The van der Waals surface area contributed by atoms with Crippen LogP contribution in [0.4, 0.5) is 11.5 Å². The minimum atomic E-state index is -0.692. The topological polar surface area (TPSA) is 131 Å². The number of carbonyl (C=O) groups is 2. The molecule has 1 aromatic heterocycles. The highest BCUT2D eigenvalue weighted by Gasteiger charge is 2.27. The second-order valence-corrected chi connectivity index (χ2v) is 8.65. The lowest BCUT2D eigenvalue weighted by molar-refractivity contribution is -0.145. The van der Waals surface area contributed by atoms with E-state index in [1.165, 1.54) is 16.6 Å². The molecule has 1 atom stereocenters. The van der Waals surface area contributed by atoms with Crippen molar-refractivity contribution in [3.8, 4) is 0 Å². The number of aromatic amines is 1. The van der Waals surface area contributed by atoms with Gasteiger partial charge in [-0.3, -0.25) is 28.8 Å². The number of nitrogens with zero attached hydrogens (tertiary/aromatic N) is 3. The van der Waals surface area contributed by atoms with Crippen molar-refractivity contribution in [2.24, 2.45) is 17.8 Å². The molecule has 0 aliphatic heterocycles. The number of methoxy groups -OCH3 is 1. The average molecular weight is 440 g/mol. The molecule has 0 fully saturated rings. The van der Waals surface area contributed by atoms with Gasteiger partial charge in [0.15, 0.2) is 5.69 Å². The Kier molecular flexibility index (Phi) is 9.96. The molecule has 3 N–H and O–H groups in total. The molecule has 1 rings (SSSR count). The van der Waals surface area contributed by atoms with Crippen LogP contribution in [0.2, 0.25) is 0 Å². The second kappa shape index (κ2) is 11.7. The van der Waals surface area contributed by atoms with Gasteiger partial charge in [0.25, 0.3) is 5.56 Å². The molecule has 1 aromatic rings. The van der Waals surface area contributed by atoms with Crippen molar-refractivity contribution in [1.82, 2.24) is 14.5 Å². The molecule has 1 unspecified atom stereocenters. The minimum absolute atomic E-state index is 0.00720. The molecule has 0 radical (unpaired) electrons. The molecule has 176 valence electrons. The van der Waals surface area contributed by atoms with E-state index in [0.717, 1.165) is 0 Å². The summed E-state index contributed by atoms with van der Waals surface area (Å²) in [6.07, 6.45) is 0. The van der Waals surface area contributed by atoms with Crippen LogP contribution in [0.15, 0.2) is 9.59 Å². The number of rotatable bonds is 11. The number of ether oxygens (including phenoxy) is 1. The van der Waals surface area contributed by atoms with Crippen LogP contribution in [-0.4, -0.2) is 59.6 Å². The Morgan fingerprint density at radius 3 is 2.19 bits per heavy atom. The van der Waals surface area contributed by atoms with E-state index >= 15 is 0 Å². The zero-order valence-electron chi connectivity index (χ0n) is 19.7. The molecule has 0 aromatic carbocycles. The Morgan fingerprint density at radius 1 is 1.10 bits per heavy atom. The molecule has 0 aliphatic rings. The predicted molar refractivity (Wildman–Crippen MR) is 121 cm³/mol. The van der Waals surface area contributed by atoms with Crippen molar-refractivity contribution in [3.63, 3.8) is 0 Å². The zero-order valence-corrected chi connectivity index (χ0v) is 19.7. The summed E-state index contributed by atoms with van der Waals surface area (Å²) in [5.41, 5.74) is 4.92. The monoisotopic (exact) mass is 439 g/mol. The van der Waals surface area contributed by atoms with Crippen LogP contribution in [-0.2, 0) is 20.9 Å². The summed E-state index contributed by atoms with van der Waals surface area (Å²) in [5, 5.41) is 0. The lowest BCUT2D eigenvalue weighted by Gasteiger charge is -2.29. The van der Waals surface area contributed by atoms with Crippen molar-refractivity contribution in [2.75, 3.05) is 43.9 Å². The molecular formula is C21H37N5O5. The van der Waals surface area contributed by atoms with E-state index in [1.807, 2.05) is 39.5 Å². The summed E-state index contributed by atoms with van der Waals surface area (Å²) in [4.78, 5) is 55.4. The van der Waals surface area contributed by atoms with E-state index in [0.29, 0.717) is 19.6 Å². The molecule has 0 spiro atoms. The molecule has 0 aliphatic carbocycles. The van der Waals surface area contributed by atoms with Crippen LogP contribution in [0.3, 0.4) is 0 Å². The number of aromatic nitrogens is 2. The Hall–Kier alpha value is -2.62. The van der Waals surface area contributed by atoms with Gasteiger partial charge in [-0.15, -0.1) is 0 Å². The van der Waals surface area contributed by atoms with Crippen molar-refractivity contribution in [1.29, 1.82) is 0 Å². The summed E-state index contributed by atoms with van der Waals surface area (Å²) in [7, 11) is 1.33. The molecule has 10 heteroatoms. The number of nitrogens with one attached hydrogen (secondary N) is 1. The maximum absolute atomic E-state index is 13.3. The van der Waals surface area contributed by atoms with Crippen LogP contribution in [0.1, 0.15) is 41.5 Å². The Balaban J connectivity index is 3.33. The van der Waals surface area contributed by atoms with Gasteiger partial charge >= 0.3 is 11.7 Å². The van der Waals surface area contributed by atoms with Gasteiger partial charge in [-0.2, -0.15) is 0 Å². The van der Waals surface area contributed by atoms with Gasteiger partial charge in [0.05, 0.1) is 19.6 Å². The summed E-state index contributed by atoms with van der Waals surface area (Å²) in [5.74, 6) is -0.952. The number of nitrogens with two attached hydrogens (primary N) is 1. The summed E-state index contributed by atoms with van der Waals surface area (Å²) < 4.78 is 6.05. The van der Waals surface area contributed by atoms with Crippen molar-refractivity contribution in [2.45, 2.75) is 48.1 Å². The van der Waals surface area contributed by atoms with Crippen LogP contribution in [0, 0.1) is 17.8 Å². The van der Waals surface area contributed by atoms with E-state index in [-0.39, 0.29) is 48.3 Å². The van der Waals surface area contributed by atoms with Crippen LogP contribution in [0.25, 0.3) is 0 Å². The quantitative estimate of drug-likeness (QED) is 0.490. The first-order chi connectivity index (χ1) is 14.4. The van der Waals surface area contributed by atoms with Crippen molar-refractivity contribution < 1.29 is 14.3 Å². The highest BCUT2D eigenvalue weighted by molar-refractivity contribution is 5.96. The number of amides is 1. The number of hydrogen-bond donors (Lipinski definition) is 2. The van der Waals surface area contributed by atoms with Gasteiger partial charge in [-0.05, 0) is 18.4 Å². The zero-order chi connectivity index (χ0) is 23.9. The first kappa shape index (κ1) is 26.4. The maximum atomic E-state index is 13.3. The van der Waals surface area contributed by atoms with Gasteiger partial charge < -0.3 is 15.4 Å². The smallest absolute Gasteiger partial charge is 0.330 e. The SMILES string of the molecule is CCN(CC(=O)N(CC(C)C)c1c(N)n(CC(C)C)c(=O)[nH]c1=O)CC(C)C(=O)OC. The Bertz CT molecular complexity index is 874. The van der Waals surface area contributed by atoms with Crippen molar-refractivity contribution >= 4 is 23.4 Å². The Morgan fingerprint density at radius 2 is 1.71 bits per heavy atom. The van der Waals surface area contributed by atoms with Gasteiger partial charge in [-0.25, -0.2) is 4.79 Å². The number of nitrogen functional groups attached to an aromatic ring is 1. The number of carbonyl (C=O) groups excluding carboxylic acids is 2. The fraction of sp³-hybridized carbons (Fsp3) is 0.714. The molecule has 0 saturated carbocycles. The summed E-state index contributed by atoms with van der Waals surface area (Å²) >= 11 is 0. The third kappa shape index (κ3) is 7.23. The van der Waals surface area contributed by atoms with Gasteiger partial charge in [0, 0.05) is 19.6 Å². The number of H-pyrrole nitrogens is 1. The number of anilines is 2. The summed E-state index contributed by atoms with van der Waals surface area (Å²) in [6.45, 7) is 12.7. The lowest BCUT2D eigenvalue weighted by atomic mass is 10.1. The highest BCUT2D eigenvalue weighted by Crippen LogP contribution is 2.20. The molecule has 1 amide bonds. The predicted octanol–water partition coefficient (Wildman–Crippen LogP) is 0.895. The second-order valence-electron chi connectivity index (χ2n) is 8.65. The highest BCUT2D eigenvalue weighted by atomic mass is 16.5. The maximum Gasteiger partial charge on any atom is 0.330 e. The van der Waals surface area contributed by atoms with Crippen LogP contribution < -0.4 is 21.9 Å². The Labute approximate surface area is 183 Å². The van der Waals surface area contributed by atoms with E-state index in [4.69, 9.17) is 10.5 Å².